The van der Waals surface area contributed by atoms with Gasteiger partial charge in [-0.1, -0.05) is 6.07 Å². The van der Waals surface area contributed by atoms with E-state index in [4.69, 9.17) is 20.9 Å². The Bertz CT molecular complexity index is 1010. The third-order valence-electron chi connectivity index (χ3n) is 5.58. The van der Waals surface area contributed by atoms with Crippen molar-refractivity contribution in [1.82, 2.24) is 14.8 Å². The predicted octanol–water partition coefficient (Wildman–Crippen LogP) is 2.33. The number of fused-ring (bicyclic) bond motifs is 1. The molecule has 11 heteroatoms. The Morgan fingerprint density at radius 1 is 1.19 bits per heavy atom. The lowest BCUT2D eigenvalue weighted by Crippen LogP contribution is -2.43. The third-order valence-corrected chi connectivity index (χ3v) is 5.58. The van der Waals surface area contributed by atoms with Crippen molar-refractivity contribution < 1.29 is 22.6 Å². The van der Waals surface area contributed by atoms with Gasteiger partial charge in [0.1, 0.15) is 18.5 Å². The second-order valence-electron chi connectivity index (χ2n) is 7.61. The van der Waals surface area contributed by atoms with Crippen molar-refractivity contribution in [3.8, 4) is 17.0 Å². The van der Waals surface area contributed by atoms with E-state index in [1.807, 2.05) is 0 Å². The van der Waals surface area contributed by atoms with Gasteiger partial charge in [-0.2, -0.15) is 18.2 Å². The van der Waals surface area contributed by atoms with E-state index in [-0.39, 0.29) is 35.4 Å². The van der Waals surface area contributed by atoms with E-state index in [0.717, 1.165) is 19.2 Å². The summed E-state index contributed by atoms with van der Waals surface area (Å²) >= 11 is 0. The van der Waals surface area contributed by atoms with Crippen molar-refractivity contribution in [2.75, 3.05) is 46.5 Å². The minimum Gasteiger partial charge on any atom is -0.492 e. The molecule has 0 radical (unpaired) electrons. The number of hydrogen-bond acceptors (Lipinski definition) is 8. The van der Waals surface area contributed by atoms with Gasteiger partial charge in [0.15, 0.2) is 11.8 Å². The number of halogens is 3. The highest BCUT2D eigenvalue weighted by Gasteiger charge is 2.36. The fraction of sp³-hybridized carbons (Fsp3) is 0.429. The first-order valence-corrected chi connectivity index (χ1v) is 10.2. The first kappa shape index (κ1) is 22.3. The fourth-order valence-corrected chi connectivity index (χ4v) is 3.72. The van der Waals surface area contributed by atoms with E-state index in [1.165, 1.54) is 18.2 Å². The second kappa shape index (κ2) is 8.93. The molecule has 1 fully saturated rings. The van der Waals surface area contributed by atoms with Gasteiger partial charge in [0, 0.05) is 32.2 Å². The largest absolute Gasteiger partial charge is 0.492 e. The van der Waals surface area contributed by atoms with Gasteiger partial charge in [-0.15, -0.1) is 0 Å². The molecule has 0 aliphatic carbocycles. The first-order chi connectivity index (χ1) is 15.3. The molecular formula is C21H25F3N6O2. The Morgan fingerprint density at radius 3 is 2.66 bits per heavy atom. The summed E-state index contributed by atoms with van der Waals surface area (Å²) in [6.45, 7) is 3.61. The van der Waals surface area contributed by atoms with Crippen molar-refractivity contribution in [1.29, 1.82) is 0 Å². The maximum atomic E-state index is 13.9. The number of rotatable bonds is 5. The lowest BCUT2D eigenvalue weighted by atomic mass is 10.0. The number of ether oxygens (including phenoxy) is 2. The maximum Gasteiger partial charge on any atom is 0.417 e. The van der Waals surface area contributed by atoms with Gasteiger partial charge < -0.3 is 25.8 Å². The molecule has 1 saturated heterocycles. The quantitative estimate of drug-likeness (QED) is 0.721. The van der Waals surface area contributed by atoms with Crippen LogP contribution in [0.5, 0.6) is 5.75 Å². The number of nitrogens with zero attached hydrogens (tertiary/aromatic N) is 4. The summed E-state index contributed by atoms with van der Waals surface area (Å²) in [5.41, 5.74) is 11.7. The van der Waals surface area contributed by atoms with E-state index in [9.17, 15) is 13.2 Å². The molecule has 1 aromatic carbocycles. The van der Waals surface area contributed by atoms with Crippen molar-refractivity contribution in [2.24, 2.45) is 16.5 Å². The number of aliphatic imine (C=N–C) groups is 1. The molecule has 0 saturated carbocycles. The third kappa shape index (κ3) is 4.50. The molecule has 172 valence electrons. The van der Waals surface area contributed by atoms with Gasteiger partial charge in [0.05, 0.1) is 30.0 Å². The topological polar surface area (TPSA) is 102 Å². The van der Waals surface area contributed by atoms with Crippen LogP contribution in [0.15, 0.2) is 35.3 Å². The number of alkyl halides is 3. The molecule has 0 amide bonds. The van der Waals surface area contributed by atoms with Crippen LogP contribution in [-0.4, -0.2) is 67.2 Å². The second-order valence-corrected chi connectivity index (χ2v) is 7.61. The fourth-order valence-electron chi connectivity index (χ4n) is 3.72. The zero-order valence-corrected chi connectivity index (χ0v) is 17.6. The summed E-state index contributed by atoms with van der Waals surface area (Å²) in [6.07, 6.45) is -5.18. The van der Waals surface area contributed by atoms with Crippen LogP contribution in [0.1, 0.15) is 17.3 Å². The van der Waals surface area contributed by atoms with Crippen molar-refractivity contribution in [3.05, 3.63) is 41.5 Å². The molecular weight excluding hydrogens is 425 g/mol. The smallest absolute Gasteiger partial charge is 0.417 e. The summed E-state index contributed by atoms with van der Waals surface area (Å²) in [5.74, 6) is 0.442. The number of morpholine rings is 1. The Labute approximate surface area is 183 Å². The number of benzene rings is 1. The summed E-state index contributed by atoms with van der Waals surface area (Å²) in [4.78, 5) is 12.3. The average Bonchev–Trinajstić information content (AvgIpc) is 2.77. The van der Waals surface area contributed by atoms with Gasteiger partial charge in [0.2, 0.25) is 0 Å². The normalized spacial score (nSPS) is 19.5. The molecule has 4 rings (SSSR count). The molecule has 3 heterocycles. The summed E-state index contributed by atoms with van der Waals surface area (Å²) < 4.78 is 52.7. The molecule has 2 aliphatic heterocycles. The number of guanidine groups is 1. The number of hydrogen-bond donors (Lipinski definition) is 2. The molecule has 0 spiro atoms. The highest BCUT2D eigenvalue weighted by Crippen LogP contribution is 2.43. The lowest BCUT2D eigenvalue weighted by molar-refractivity contribution is -0.137. The van der Waals surface area contributed by atoms with E-state index < -0.39 is 17.9 Å². The van der Waals surface area contributed by atoms with E-state index in [0.29, 0.717) is 25.3 Å². The Balaban J connectivity index is 1.69. The van der Waals surface area contributed by atoms with E-state index in [1.54, 1.807) is 18.0 Å². The highest BCUT2D eigenvalue weighted by atomic mass is 19.4. The minimum absolute atomic E-state index is 0.0892. The minimum atomic E-state index is -4.59. The molecule has 8 nitrogen and oxygen atoms in total. The van der Waals surface area contributed by atoms with Crippen LogP contribution >= 0.6 is 0 Å². The van der Waals surface area contributed by atoms with Gasteiger partial charge >= 0.3 is 6.18 Å². The number of pyridine rings is 1. The standard InChI is InChI=1S/C21H25F3N6O2/c1-29-18(25)13-5-6-15(27-19(13)28-20(29)26)17-14(21(22,23)24)3-2-4-16(17)32-12-9-30-7-10-31-11-8-30/h2-6,18H,7-12,25H2,1H3,(H2,26,27,28). The Morgan fingerprint density at radius 2 is 1.94 bits per heavy atom. The molecule has 2 aromatic rings. The molecule has 1 unspecified atom stereocenters. The summed E-state index contributed by atoms with van der Waals surface area (Å²) in [7, 11) is 1.68. The van der Waals surface area contributed by atoms with Crippen LogP contribution in [0.4, 0.5) is 19.0 Å². The summed E-state index contributed by atoms with van der Waals surface area (Å²) in [6, 6.07) is 6.99. The molecule has 1 aromatic heterocycles. The number of aromatic nitrogens is 1. The van der Waals surface area contributed by atoms with Crippen molar-refractivity contribution >= 4 is 11.8 Å². The molecule has 1 atom stereocenters. The lowest BCUT2D eigenvalue weighted by Gasteiger charge is -2.30. The molecule has 2 aliphatic rings. The number of nitrogens with two attached hydrogens (primary N) is 2. The first-order valence-electron chi connectivity index (χ1n) is 10.2. The highest BCUT2D eigenvalue weighted by molar-refractivity contribution is 5.84. The van der Waals surface area contributed by atoms with Crippen LogP contribution < -0.4 is 16.2 Å². The van der Waals surface area contributed by atoms with Crippen molar-refractivity contribution in [3.63, 3.8) is 0 Å². The summed E-state index contributed by atoms with van der Waals surface area (Å²) in [5, 5.41) is 0. The molecule has 4 N–H and O–H groups in total. The molecule has 32 heavy (non-hydrogen) atoms. The van der Waals surface area contributed by atoms with Crippen molar-refractivity contribution in [2.45, 2.75) is 12.3 Å². The van der Waals surface area contributed by atoms with Crippen LogP contribution in [-0.2, 0) is 10.9 Å². The zero-order chi connectivity index (χ0) is 22.9. The SMILES string of the molecule is CN1C(N)=Nc2nc(-c3c(OCCN4CCOCC4)cccc3C(F)(F)F)ccc2C1N. The van der Waals surface area contributed by atoms with Gasteiger partial charge in [0.25, 0.3) is 0 Å². The zero-order valence-electron chi connectivity index (χ0n) is 17.6. The predicted molar refractivity (Wildman–Crippen MR) is 113 cm³/mol. The average molecular weight is 450 g/mol. The van der Waals surface area contributed by atoms with Gasteiger partial charge in [-0.25, -0.2) is 4.98 Å². The van der Waals surface area contributed by atoms with Crippen LogP contribution in [0.2, 0.25) is 0 Å². The van der Waals surface area contributed by atoms with Crippen LogP contribution in [0, 0.1) is 0 Å². The van der Waals surface area contributed by atoms with E-state index in [2.05, 4.69) is 14.9 Å². The monoisotopic (exact) mass is 450 g/mol. The Hall–Kier alpha value is -2.89. The Kier molecular flexibility index (Phi) is 6.22. The van der Waals surface area contributed by atoms with Crippen LogP contribution in [0.3, 0.4) is 0 Å². The maximum absolute atomic E-state index is 13.9. The van der Waals surface area contributed by atoms with E-state index >= 15 is 0 Å². The van der Waals surface area contributed by atoms with Gasteiger partial charge in [-0.05, 0) is 24.3 Å². The molecule has 0 bridgehead atoms. The van der Waals surface area contributed by atoms with Gasteiger partial charge in [-0.3, -0.25) is 4.90 Å². The van der Waals surface area contributed by atoms with Crippen LogP contribution in [0.25, 0.3) is 11.3 Å².